The van der Waals surface area contributed by atoms with Gasteiger partial charge in [0, 0.05) is 0 Å². The van der Waals surface area contributed by atoms with E-state index in [0.717, 1.165) is 18.8 Å². The molecule has 17 heavy (non-hydrogen) atoms. The highest BCUT2D eigenvalue weighted by atomic mass is 16.3. The van der Waals surface area contributed by atoms with E-state index in [2.05, 4.69) is 40.3 Å². The van der Waals surface area contributed by atoms with Crippen LogP contribution in [0.3, 0.4) is 0 Å². The van der Waals surface area contributed by atoms with Crippen molar-refractivity contribution in [2.24, 2.45) is 17.3 Å². The Bertz CT molecular complexity index is 307. The summed E-state index contributed by atoms with van der Waals surface area (Å²) in [6.45, 7) is 11.3. The van der Waals surface area contributed by atoms with Crippen LogP contribution in [0.15, 0.2) is 17.4 Å². The molecule has 0 spiro atoms. The Kier molecular flexibility index (Phi) is 5.04. The van der Waals surface area contributed by atoms with Gasteiger partial charge in [0.2, 0.25) is 0 Å². The average molecular weight is 236 g/mol. The summed E-state index contributed by atoms with van der Waals surface area (Å²) in [5, 5.41) is 9.77. The van der Waals surface area contributed by atoms with Crippen LogP contribution in [-0.2, 0) is 0 Å². The largest absolute Gasteiger partial charge is 0.388 e. The van der Waals surface area contributed by atoms with Crippen molar-refractivity contribution in [3.63, 3.8) is 0 Å². The van der Waals surface area contributed by atoms with Crippen LogP contribution in [0.1, 0.15) is 60.3 Å². The zero-order valence-corrected chi connectivity index (χ0v) is 12.1. The summed E-state index contributed by atoms with van der Waals surface area (Å²) in [7, 11) is 0. The molecule has 0 heterocycles. The molecule has 0 saturated heterocycles. The lowest BCUT2D eigenvalue weighted by Crippen LogP contribution is -2.29. The third-order valence-electron chi connectivity index (χ3n) is 4.28. The van der Waals surface area contributed by atoms with Crippen LogP contribution in [0.4, 0.5) is 0 Å². The van der Waals surface area contributed by atoms with E-state index in [1.54, 1.807) is 0 Å². The number of aliphatic hydroxyl groups is 1. The van der Waals surface area contributed by atoms with Gasteiger partial charge in [-0.2, -0.15) is 0 Å². The molecule has 0 aliphatic heterocycles. The van der Waals surface area contributed by atoms with Crippen LogP contribution in [0.2, 0.25) is 0 Å². The second-order valence-corrected chi connectivity index (χ2v) is 6.27. The van der Waals surface area contributed by atoms with E-state index in [1.807, 2.05) is 6.08 Å². The van der Waals surface area contributed by atoms with Gasteiger partial charge in [-0.1, -0.05) is 41.0 Å². The molecule has 0 aromatic carbocycles. The van der Waals surface area contributed by atoms with Crippen LogP contribution in [0.5, 0.6) is 0 Å². The zero-order chi connectivity index (χ0) is 13.1. The lowest BCUT2D eigenvalue weighted by Gasteiger charge is -2.39. The quantitative estimate of drug-likeness (QED) is 0.723. The van der Waals surface area contributed by atoms with Gasteiger partial charge >= 0.3 is 0 Å². The van der Waals surface area contributed by atoms with Gasteiger partial charge in [0.15, 0.2) is 0 Å². The Morgan fingerprint density at radius 3 is 2.71 bits per heavy atom. The maximum absolute atomic E-state index is 9.77. The Balaban J connectivity index is 2.93. The summed E-state index contributed by atoms with van der Waals surface area (Å²) >= 11 is 0. The van der Waals surface area contributed by atoms with Crippen LogP contribution < -0.4 is 0 Å². The second-order valence-electron chi connectivity index (χ2n) is 6.27. The molecule has 1 rings (SSSR count). The first-order valence-corrected chi connectivity index (χ1v) is 7.03. The number of aliphatic hydroxyl groups excluding tert-OH is 1. The van der Waals surface area contributed by atoms with Gasteiger partial charge < -0.3 is 5.11 Å². The summed E-state index contributed by atoms with van der Waals surface area (Å²) in [5.74, 6) is 1.33. The van der Waals surface area contributed by atoms with E-state index in [4.69, 9.17) is 0 Å². The number of hydrogen-bond donors (Lipinski definition) is 1. The van der Waals surface area contributed by atoms with Crippen molar-refractivity contribution < 1.29 is 5.11 Å². The van der Waals surface area contributed by atoms with Crippen molar-refractivity contribution in [2.75, 3.05) is 0 Å². The molecule has 0 aromatic heterocycles. The lowest BCUT2D eigenvalue weighted by atomic mass is 9.65. The highest BCUT2D eigenvalue weighted by Gasteiger charge is 2.34. The minimum absolute atomic E-state index is 0.244. The number of rotatable bonds is 3. The molecule has 1 aliphatic carbocycles. The predicted octanol–water partition coefficient (Wildman–Crippen LogP) is 4.32. The highest BCUT2D eigenvalue weighted by Crippen LogP contribution is 2.45. The fraction of sp³-hybridized carbons (Fsp3) is 0.812. The monoisotopic (exact) mass is 236 g/mol. The van der Waals surface area contributed by atoms with Gasteiger partial charge in [0.1, 0.15) is 0 Å². The van der Waals surface area contributed by atoms with Gasteiger partial charge in [0.25, 0.3) is 0 Å². The van der Waals surface area contributed by atoms with Crippen molar-refractivity contribution in [3.05, 3.63) is 17.4 Å². The molecule has 3 atom stereocenters. The third-order valence-corrected chi connectivity index (χ3v) is 4.28. The molecule has 1 saturated carbocycles. The Morgan fingerprint density at radius 2 is 2.12 bits per heavy atom. The van der Waals surface area contributed by atoms with Crippen LogP contribution in [-0.4, -0.2) is 11.2 Å². The highest BCUT2D eigenvalue weighted by molar-refractivity contribution is 5.18. The molecular formula is C16H28O. The molecule has 1 aliphatic rings. The topological polar surface area (TPSA) is 20.2 Å². The van der Waals surface area contributed by atoms with Crippen molar-refractivity contribution in [2.45, 2.75) is 66.4 Å². The van der Waals surface area contributed by atoms with Crippen LogP contribution in [0, 0.1) is 17.3 Å². The zero-order valence-electron chi connectivity index (χ0n) is 12.1. The first-order chi connectivity index (χ1) is 7.88. The predicted molar refractivity (Wildman–Crippen MR) is 73.9 cm³/mol. The molecular weight excluding hydrogens is 208 g/mol. The van der Waals surface area contributed by atoms with Crippen molar-refractivity contribution in [1.82, 2.24) is 0 Å². The van der Waals surface area contributed by atoms with Crippen molar-refractivity contribution >= 4 is 0 Å². The summed E-state index contributed by atoms with van der Waals surface area (Å²) in [5.41, 5.74) is 5.06. The summed E-state index contributed by atoms with van der Waals surface area (Å²) in [4.78, 5) is 0. The number of hydrogen-bond acceptors (Lipinski definition) is 1. The average Bonchev–Trinajstić information content (AvgIpc) is 2.24. The van der Waals surface area contributed by atoms with E-state index >= 15 is 0 Å². The fourth-order valence-electron chi connectivity index (χ4n) is 2.77. The summed E-state index contributed by atoms with van der Waals surface area (Å²) < 4.78 is 0. The van der Waals surface area contributed by atoms with Gasteiger partial charge in [-0.3, -0.25) is 0 Å². The first kappa shape index (κ1) is 14.5. The molecule has 0 aromatic rings. The van der Waals surface area contributed by atoms with E-state index in [0.29, 0.717) is 5.92 Å². The second kappa shape index (κ2) is 5.89. The molecule has 98 valence electrons. The first-order valence-electron chi connectivity index (χ1n) is 7.03. The fourth-order valence-corrected chi connectivity index (χ4v) is 2.77. The van der Waals surface area contributed by atoms with Crippen molar-refractivity contribution in [3.8, 4) is 0 Å². The molecule has 1 nitrogen and oxygen atoms in total. The Hall–Kier alpha value is -0.520. The van der Waals surface area contributed by atoms with Gasteiger partial charge in [-0.25, -0.2) is 0 Å². The summed E-state index contributed by atoms with van der Waals surface area (Å²) in [6, 6.07) is 0. The third kappa shape index (κ3) is 3.72. The molecule has 0 amide bonds. The van der Waals surface area contributed by atoms with Crippen molar-refractivity contribution in [1.29, 1.82) is 0 Å². The van der Waals surface area contributed by atoms with E-state index < -0.39 is 0 Å². The summed E-state index contributed by atoms with van der Waals surface area (Å²) in [6.07, 6.45) is 5.94. The molecule has 3 unspecified atom stereocenters. The lowest BCUT2D eigenvalue weighted by molar-refractivity contribution is 0.209. The Morgan fingerprint density at radius 1 is 1.47 bits per heavy atom. The molecule has 1 heteroatoms. The van der Waals surface area contributed by atoms with Crippen LogP contribution >= 0.6 is 0 Å². The van der Waals surface area contributed by atoms with Gasteiger partial charge in [-0.05, 0) is 48.2 Å². The smallest absolute Gasteiger partial charge is 0.0794 e. The van der Waals surface area contributed by atoms with E-state index in [9.17, 15) is 5.11 Å². The molecule has 0 radical (unpaired) electrons. The van der Waals surface area contributed by atoms with Gasteiger partial charge in [-0.15, -0.1) is 5.73 Å². The maximum atomic E-state index is 9.77. The molecule has 1 N–H and O–H groups in total. The molecule has 1 fully saturated rings. The normalized spacial score (nSPS) is 29.6. The minimum atomic E-state index is -0.326. The minimum Gasteiger partial charge on any atom is -0.388 e. The van der Waals surface area contributed by atoms with E-state index in [1.165, 1.54) is 18.4 Å². The van der Waals surface area contributed by atoms with Gasteiger partial charge in [0.05, 0.1) is 6.10 Å². The maximum Gasteiger partial charge on any atom is 0.0794 e. The Labute approximate surface area is 107 Å². The van der Waals surface area contributed by atoms with E-state index in [-0.39, 0.29) is 11.5 Å². The SMILES string of the molecule is CCCC(O)C=C=C1C(C)C(C)CCC1(C)C. The molecule has 0 bridgehead atoms. The standard InChI is InChI=1S/C16H28O/c1-6-7-14(17)8-9-15-13(3)12(2)10-11-16(15,4)5/h8,12-14,17H,6-7,10-11H2,1-5H3. The van der Waals surface area contributed by atoms with Crippen LogP contribution in [0.25, 0.3) is 0 Å².